The normalized spacial score (nSPS) is 14.8. The quantitative estimate of drug-likeness (QED) is 0.131. The van der Waals surface area contributed by atoms with E-state index in [1.165, 1.54) is 30.3 Å². The Kier molecular flexibility index (Phi) is 7.52. The lowest BCUT2D eigenvalue weighted by atomic mass is 10.1. The second-order valence-corrected chi connectivity index (χ2v) is 8.11. The number of anilines is 1. The third-order valence-electron chi connectivity index (χ3n) is 5.47. The predicted octanol–water partition coefficient (Wildman–Crippen LogP) is 5.61. The van der Waals surface area contributed by atoms with Gasteiger partial charge in [0.1, 0.15) is 11.4 Å². The van der Waals surface area contributed by atoms with Crippen molar-refractivity contribution in [2.75, 3.05) is 11.5 Å². The van der Waals surface area contributed by atoms with E-state index in [0.717, 1.165) is 24.3 Å². The van der Waals surface area contributed by atoms with Gasteiger partial charge >= 0.3 is 17.9 Å². The Balaban J connectivity index is 1.69. The first-order valence-electron chi connectivity index (χ1n) is 11.4. The summed E-state index contributed by atoms with van der Waals surface area (Å²) in [6, 6.07) is 9.11. The number of hydrogen-bond acceptors (Lipinski definition) is 7. The topological polar surface area (TPSA) is 128 Å². The molecule has 206 valence electrons. The molecule has 1 heterocycles. The van der Waals surface area contributed by atoms with Crippen LogP contribution in [0.5, 0.6) is 17.2 Å². The van der Waals surface area contributed by atoms with Crippen molar-refractivity contribution in [1.29, 1.82) is 0 Å². The molecular formula is C26H17F4N3O7. The first kappa shape index (κ1) is 27.8. The summed E-state index contributed by atoms with van der Waals surface area (Å²) in [5, 5.41) is 13.4. The van der Waals surface area contributed by atoms with Gasteiger partial charge in [0.15, 0.2) is 11.5 Å². The predicted molar refractivity (Wildman–Crippen MR) is 131 cm³/mol. The molecule has 14 heteroatoms. The molecule has 3 aromatic rings. The number of nitro benzene ring substituents is 1. The maximum absolute atomic E-state index is 13.3. The van der Waals surface area contributed by atoms with Crippen LogP contribution in [0.3, 0.4) is 0 Å². The fraction of sp³-hybridized carbons (Fsp3) is 0.115. The second-order valence-electron chi connectivity index (χ2n) is 8.11. The maximum Gasteiger partial charge on any atom is 0.416 e. The summed E-state index contributed by atoms with van der Waals surface area (Å²) in [6.07, 6.45) is -3.66. The molecule has 1 N–H and O–H groups in total. The summed E-state index contributed by atoms with van der Waals surface area (Å²) < 4.78 is 63.4. The van der Waals surface area contributed by atoms with Crippen LogP contribution in [0.15, 0.2) is 66.2 Å². The Morgan fingerprint density at radius 1 is 0.975 bits per heavy atom. The molecule has 4 amide bonds. The number of rotatable bonds is 7. The van der Waals surface area contributed by atoms with Crippen molar-refractivity contribution in [1.82, 2.24) is 5.32 Å². The number of carbonyl (C=O) groups excluding carboxylic acids is 3. The summed E-state index contributed by atoms with van der Waals surface area (Å²) in [5.41, 5.74) is -2.39. The van der Waals surface area contributed by atoms with Crippen molar-refractivity contribution in [2.24, 2.45) is 0 Å². The molecule has 1 aliphatic rings. The maximum atomic E-state index is 13.3. The number of imide groups is 2. The Bertz CT molecular complexity index is 1550. The van der Waals surface area contributed by atoms with Crippen LogP contribution in [0, 0.1) is 15.9 Å². The highest BCUT2D eigenvalue weighted by Gasteiger charge is 2.37. The molecule has 10 nitrogen and oxygen atoms in total. The number of halogens is 4. The van der Waals surface area contributed by atoms with E-state index < -0.39 is 57.3 Å². The van der Waals surface area contributed by atoms with Gasteiger partial charge in [0.05, 0.1) is 22.8 Å². The van der Waals surface area contributed by atoms with Gasteiger partial charge in [-0.15, -0.1) is 0 Å². The SMILES string of the molecule is CCOc1cc(/C=C2\C(=O)NC(=O)N(c3ccc(F)cc3)C2=O)ccc1Oc1ccc(C(F)(F)F)cc1[N+](=O)[O-]. The van der Waals surface area contributed by atoms with E-state index in [-0.39, 0.29) is 29.4 Å². The summed E-state index contributed by atoms with van der Waals surface area (Å²) >= 11 is 0. The van der Waals surface area contributed by atoms with E-state index in [9.17, 15) is 42.1 Å². The summed E-state index contributed by atoms with van der Waals surface area (Å²) in [6.45, 7) is 1.69. The van der Waals surface area contributed by atoms with Gasteiger partial charge in [-0.25, -0.2) is 14.1 Å². The number of benzene rings is 3. The van der Waals surface area contributed by atoms with Gasteiger partial charge in [-0.3, -0.25) is 25.0 Å². The number of ether oxygens (including phenoxy) is 2. The fourth-order valence-electron chi connectivity index (χ4n) is 3.66. The number of nitrogens with one attached hydrogen (secondary N) is 1. The van der Waals surface area contributed by atoms with Crippen molar-refractivity contribution in [3.05, 3.63) is 93.3 Å². The molecule has 0 aromatic heterocycles. The zero-order valence-electron chi connectivity index (χ0n) is 20.3. The fourth-order valence-corrected chi connectivity index (χ4v) is 3.66. The van der Waals surface area contributed by atoms with E-state index in [0.29, 0.717) is 17.0 Å². The van der Waals surface area contributed by atoms with Crippen LogP contribution in [0.4, 0.5) is 33.7 Å². The molecular weight excluding hydrogens is 542 g/mol. The molecule has 0 bridgehead atoms. The number of carbonyl (C=O) groups is 3. The number of hydrogen-bond donors (Lipinski definition) is 1. The Hall–Kier alpha value is -5.27. The van der Waals surface area contributed by atoms with Crippen molar-refractivity contribution in [3.8, 4) is 17.2 Å². The van der Waals surface area contributed by atoms with Crippen LogP contribution >= 0.6 is 0 Å². The summed E-state index contributed by atoms with van der Waals surface area (Å²) in [5.74, 6) is -3.19. The van der Waals surface area contributed by atoms with Gasteiger partial charge in [-0.2, -0.15) is 13.2 Å². The van der Waals surface area contributed by atoms with Crippen LogP contribution in [0.2, 0.25) is 0 Å². The first-order chi connectivity index (χ1) is 18.9. The van der Waals surface area contributed by atoms with E-state index in [2.05, 4.69) is 0 Å². The van der Waals surface area contributed by atoms with Crippen molar-refractivity contribution in [3.63, 3.8) is 0 Å². The van der Waals surface area contributed by atoms with Crippen molar-refractivity contribution in [2.45, 2.75) is 13.1 Å². The standard InChI is InChI=1S/C26H17F4N3O7/c1-2-39-22-12-14(3-9-21(22)40-20-10-4-15(26(28,29)30)13-19(20)33(37)38)11-18-23(34)31-25(36)32(24(18)35)17-7-5-16(27)6-8-17/h3-13H,2H2,1H3,(H,31,34,36)/b18-11+. The highest BCUT2D eigenvalue weighted by molar-refractivity contribution is 6.39. The molecule has 0 unspecified atom stereocenters. The molecule has 1 fully saturated rings. The summed E-state index contributed by atoms with van der Waals surface area (Å²) in [7, 11) is 0. The smallest absolute Gasteiger partial charge is 0.416 e. The number of barbiturate groups is 1. The number of amides is 4. The minimum atomic E-state index is -4.81. The molecule has 0 radical (unpaired) electrons. The van der Waals surface area contributed by atoms with Crippen LogP contribution in [0.25, 0.3) is 6.08 Å². The molecule has 0 saturated carbocycles. The van der Waals surface area contributed by atoms with E-state index >= 15 is 0 Å². The largest absolute Gasteiger partial charge is 0.490 e. The van der Waals surface area contributed by atoms with Gasteiger partial charge in [0.2, 0.25) is 5.75 Å². The van der Waals surface area contributed by atoms with Gasteiger partial charge in [-0.1, -0.05) is 6.07 Å². The van der Waals surface area contributed by atoms with Crippen LogP contribution in [-0.4, -0.2) is 29.4 Å². The third kappa shape index (κ3) is 5.75. The van der Waals surface area contributed by atoms with E-state index in [1.54, 1.807) is 6.92 Å². The van der Waals surface area contributed by atoms with Gasteiger partial charge < -0.3 is 9.47 Å². The van der Waals surface area contributed by atoms with Crippen molar-refractivity contribution >= 4 is 35.3 Å². The Labute approximate surface area is 222 Å². The van der Waals surface area contributed by atoms with Crippen LogP contribution < -0.4 is 19.7 Å². The van der Waals surface area contributed by atoms with E-state index in [1.807, 2.05) is 5.32 Å². The number of alkyl halides is 3. The van der Waals surface area contributed by atoms with Crippen LogP contribution in [0.1, 0.15) is 18.1 Å². The van der Waals surface area contributed by atoms with Crippen LogP contribution in [-0.2, 0) is 15.8 Å². The minimum Gasteiger partial charge on any atom is -0.490 e. The number of nitrogens with zero attached hydrogens (tertiary/aromatic N) is 2. The molecule has 1 aliphatic heterocycles. The number of urea groups is 1. The average Bonchev–Trinajstić information content (AvgIpc) is 2.88. The molecule has 0 aliphatic carbocycles. The lowest BCUT2D eigenvalue weighted by molar-refractivity contribution is -0.385. The van der Waals surface area contributed by atoms with Gasteiger partial charge in [-0.05, 0) is 67.1 Å². The molecule has 4 rings (SSSR count). The highest BCUT2D eigenvalue weighted by Crippen LogP contribution is 2.40. The molecule has 0 spiro atoms. The van der Waals surface area contributed by atoms with Gasteiger partial charge in [0.25, 0.3) is 11.8 Å². The third-order valence-corrected chi connectivity index (χ3v) is 5.47. The minimum absolute atomic E-state index is 0.0128. The number of nitro groups is 1. The van der Waals surface area contributed by atoms with Crippen molar-refractivity contribution < 1.29 is 46.3 Å². The molecule has 0 atom stereocenters. The Morgan fingerprint density at radius 3 is 2.27 bits per heavy atom. The van der Waals surface area contributed by atoms with E-state index in [4.69, 9.17) is 9.47 Å². The molecule has 3 aromatic carbocycles. The zero-order chi connectivity index (χ0) is 29.2. The Morgan fingerprint density at radius 2 is 1.65 bits per heavy atom. The zero-order valence-corrected chi connectivity index (χ0v) is 20.3. The average molecular weight is 559 g/mol. The first-order valence-corrected chi connectivity index (χ1v) is 11.4. The lowest BCUT2D eigenvalue weighted by Gasteiger charge is -2.26. The molecule has 1 saturated heterocycles. The highest BCUT2D eigenvalue weighted by atomic mass is 19.4. The summed E-state index contributed by atoms with van der Waals surface area (Å²) in [4.78, 5) is 48.8. The lowest BCUT2D eigenvalue weighted by Crippen LogP contribution is -2.54. The van der Waals surface area contributed by atoms with Gasteiger partial charge in [0, 0.05) is 6.07 Å². The monoisotopic (exact) mass is 559 g/mol. The second kappa shape index (κ2) is 10.8. The molecule has 40 heavy (non-hydrogen) atoms.